The molecular weight excluding hydrogens is 222 g/mol. The number of nitrogens with two attached hydrogens (primary N) is 2. The van der Waals surface area contributed by atoms with E-state index in [4.69, 9.17) is 16.2 Å². The first kappa shape index (κ1) is 10.9. The van der Waals surface area contributed by atoms with Crippen molar-refractivity contribution in [1.82, 2.24) is 14.8 Å². The minimum atomic E-state index is -0.552. The largest absolute Gasteiger partial charge is 0.421 e. The number of primary amides is 1. The van der Waals surface area contributed by atoms with Crippen molar-refractivity contribution in [2.24, 2.45) is 12.8 Å². The number of carbonyl (C=O) groups excluding carboxylic acids is 1. The molecule has 0 spiro atoms. The summed E-state index contributed by atoms with van der Waals surface area (Å²) in [5, 5.41) is 3.93. The SMILES string of the molecule is Cn1cnc(Oc2cc(C(N)=O)ccc2N)n1. The lowest BCUT2D eigenvalue weighted by molar-refractivity contribution is 0.1000. The zero-order valence-electron chi connectivity index (χ0n) is 9.12. The van der Waals surface area contributed by atoms with Crippen molar-refractivity contribution in [3.63, 3.8) is 0 Å². The van der Waals surface area contributed by atoms with Crippen LogP contribution in [0.15, 0.2) is 24.5 Å². The smallest absolute Gasteiger partial charge is 0.341 e. The van der Waals surface area contributed by atoms with Crippen LogP contribution in [0.1, 0.15) is 10.4 Å². The topological polar surface area (TPSA) is 109 Å². The van der Waals surface area contributed by atoms with Crippen LogP contribution in [0, 0.1) is 0 Å². The molecule has 0 aliphatic rings. The van der Waals surface area contributed by atoms with Crippen LogP contribution in [-0.2, 0) is 7.05 Å². The standard InChI is InChI=1S/C10H11N5O2/c1-15-5-13-10(14-15)17-8-4-6(9(12)16)2-3-7(8)11/h2-5H,11H2,1H3,(H2,12,16). The number of hydrogen-bond acceptors (Lipinski definition) is 5. The molecule has 0 aliphatic carbocycles. The highest BCUT2D eigenvalue weighted by molar-refractivity contribution is 5.93. The molecule has 0 radical (unpaired) electrons. The van der Waals surface area contributed by atoms with Crippen LogP contribution in [0.5, 0.6) is 11.8 Å². The second-order valence-corrected chi connectivity index (χ2v) is 3.42. The monoisotopic (exact) mass is 233 g/mol. The number of benzene rings is 1. The molecule has 0 bridgehead atoms. The molecule has 1 aromatic carbocycles. The molecule has 2 aromatic rings. The van der Waals surface area contributed by atoms with Crippen molar-refractivity contribution >= 4 is 11.6 Å². The second-order valence-electron chi connectivity index (χ2n) is 3.42. The Morgan fingerprint density at radius 2 is 2.24 bits per heavy atom. The molecule has 4 N–H and O–H groups in total. The average molecular weight is 233 g/mol. The van der Waals surface area contributed by atoms with E-state index in [0.717, 1.165) is 0 Å². The van der Waals surface area contributed by atoms with Crippen LogP contribution in [0.25, 0.3) is 0 Å². The summed E-state index contributed by atoms with van der Waals surface area (Å²) in [6.45, 7) is 0. The summed E-state index contributed by atoms with van der Waals surface area (Å²) in [4.78, 5) is 14.9. The molecule has 0 unspecified atom stereocenters. The minimum Gasteiger partial charge on any atom is -0.421 e. The molecular formula is C10H11N5O2. The number of rotatable bonds is 3. The number of nitrogen functional groups attached to an aromatic ring is 1. The number of nitrogens with zero attached hydrogens (tertiary/aromatic N) is 3. The van der Waals surface area contributed by atoms with Crippen molar-refractivity contribution in [1.29, 1.82) is 0 Å². The Balaban J connectivity index is 2.31. The first-order chi connectivity index (χ1) is 8.06. The molecule has 0 atom stereocenters. The van der Waals surface area contributed by atoms with Gasteiger partial charge >= 0.3 is 6.01 Å². The van der Waals surface area contributed by atoms with E-state index in [1.54, 1.807) is 13.1 Å². The highest BCUT2D eigenvalue weighted by Crippen LogP contribution is 2.26. The van der Waals surface area contributed by atoms with E-state index in [1.165, 1.54) is 23.1 Å². The lowest BCUT2D eigenvalue weighted by atomic mass is 10.2. The Morgan fingerprint density at radius 1 is 1.47 bits per heavy atom. The Labute approximate surface area is 97.0 Å². The Morgan fingerprint density at radius 3 is 2.82 bits per heavy atom. The van der Waals surface area contributed by atoms with E-state index >= 15 is 0 Å². The third-order valence-electron chi connectivity index (χ3n) is 2.08. The van der Waals surface area contributed by atoms with Crippen molar-refractivity contribution in [3.05, 3.63) is 30.1 Å². The quantitative estimate of drug-likeness (QED) is 0.740. The fourth-order valence-corrected chi connectivity index (χ4v) is 1.24. The van der Waals surface area contributed by atoms with Crippen LogP contribution < -0.4 is 16.2 Å². The van der Waals surface area contributed by atoms with Crippen molar-refractivity contribution in [2.75, 3.05) is 5.73 Å². The third kappa shape index (κ3) is 2.33. The molecule has 2 rings (SSSR count). The first-order valence-electron chi connectivity index (χ1n) is 4.79. The molecule has 1 amide bonds. The van der Waals surface area contributed by atoms with E-state index in [0.29, 0.717) is 17.0 Å². The van der Waals surface area contributed by atoms with Crippen LogP contribution in [0.2, 0.25) is 0 Å². The first-order valence-corrected chi connectivity index (χ1v) is 4.79. The van der Waals surface area contributed by atoms with Crippen LogP contribution in [0.4, 0.5) is 5.69 Å². The maximum Gasteiger partial charge on any atom is 0.341 e. The summed E-state index contributed by atoms with van der Waals surface area (Å²) in [7, 11) is 1.71. The summed E-state index contributed by atoms with van der Waals surface area (Å²) in [6, 6.07) is 4.67. The van der Waals surface area contributed by atoms with Crippen molar-refractivity contribution in [2.45, 2.75) is 0 Å². The lowest BCUT2D eigenvalue weighted by Gasteiger charge is -2.05. The molecule has 0 saturated heterocycles. The highest BCUT2D eigenvalue weighted by atomic mass is 16.5. The van der Waals surface area contributed by atoms with Gasteiger partial charge in [0.25, 0.3) is 0 Å². The average Bonchev–Trinajstić information content (AvgIpc) is 2.67. The van der Waals surface area contributed by atoms with Gasteiger partial charge in [-0.3, -0.25) is 9.48 Å². The van der Waals surface area contributed by atoms with Crippen molar-refractivity contribution < 1.29 is 9.53 Å². The molecule has 88 valence electrons. The molecule has 0 aliphatic heterocycles. The number of amides is 1. The Bertz CT molecular complexity index is 564. The van der Waals surface area contributed by atoms with Gasteiger partial charge in [0.05, 0.1) is 5.69 Å². The molecule has 7 heteroatoms. The molecule has 7 nitrogen and oxygen atoms in total. The number of hydrogen-bond donors (Lipinski definition) is 2. The fraction of sp³-hybridized carbons (Fsp3) is 0.100. The predicted octanol–water partition coefficient (Wildman–Crippen LogP) is 0.288. The summed E-state index contributed by atoms with van der Waals surface area (Å²) in [6.07, 6.45) is 1.49. The van der Waals surface area contributed by atoms with E-state index in [1.807, 2.05) is 0 Å². The van der Waals surface area contributed by atoms with Crippen molar-refractivity contribution in [3.8, 4) is 11.8 Å². The number of ether oxygens (including phenoxy) is 1. The second kappa shape index (κ2) is 4.12. The van der Waals surface area contributed by atoms with Crippen LogP contribution in [0.3, 0.4) is 0 Å². The molecule has 1 aromatic heterocycles. The predicted molar refractivity (Wildman–Crippen MR) is 60.4 cm³/mol. The van der Waals surface area contributed by atoms with Gasteiger partial charge in [-0.05, 0) is 18.2 Å². The maximum absolute atomic E-state index is 11.0. The zero-order valence-corrected chi connectivity index (χ0v) is 9.12. The number of carbonyl (C=O) groups is 1. The van der Waals surface area contributed by atoms with E-state index < -0.39 is 5.91 Å². The number of aromatic nitrogens is 3. The lowest BCUT2D eigenvalue weighted by Crippen LogP contribution is -2.11. The summed E-state index contributed by atoms with van der Waals surface area (Å²) in [5.74, 6) is -0.253. The highest BCUT2D eigenvalue weighted by Gasteiger charge is 2.09. The van der Waals surface area contributed by atoms with Crippen LogP contribution in [-0.4, -0.2) is 20.7 Å². The van der Waals surface area contributed by atoms with Gasteiger partial charge in [0.15, 0.2) is 5.75 Å². The molecule has 0 fully saturated rings. The summed E-state index contributed by atoms with van der Waals surface area (Å²) >= 11 is 0. The van der Waals surface area contributed by atoms with E-state index in [-0.39, 0.29) is 6.01 Å². The van der Waals surface area contributed by atoms with Crippen LogP contribution >= 0.6 is 0 Å². The zero-order chi connectivity index (χ0) is 12.4. The van der Waals surface area contributed by atoms with Gasteiger partial charge in [0.1, 0.15) is 6.33 Å². The van der Waals surface area contributed by atoms with Gasteiger partial charge in [-0.2, -0.15) is 4.98 Å². The summed E-state index contributed by atoms with van der Waals surface area (Å²) in [5.41, 5.74) is 11.6. The van der Waals surface area contributed by atoms with Gasteiger partial charge in [-0.1, -0.05) is 0 Å². The van der Waals surface area contributed by atoms with Gasteiger partial charge in [0.2, 0.25) is 5.91 Å². The number of aryl methyl sites for hydroxylation is 1. The van der Waals surface area contributed by atoms with Gasteiger partial charge in [0, 0.05) is 12.6 Å². The van der Waals surface area contributed by atoms with Gasteiger partial charge in [-0.15, -0.1) is 5.10 Å². The normalized spacial score (nSPS) is 10.2. The molecule has 0 saturated carbocycles. The van der Waals surface area contributed by atoms with Gasteiger partial charge in [-0.25, -0.2) is 0 Å². The number of anilines is 1. The minimum absolute atomic E-state index is 0.154. The van der Waals surface area contributed by atoms with E-state index in [9.17, 15) is 4.79 Å². The molecule has 1 heterocycles. The fourth-order valence-electron chi connectivity index (χ4n) is 1.24. The molecule has 17 heavy (non-hydrogen) atoms. The van der Waals surface area contributed by atoms with E-state index in [2.05, 4.69) is 10.1 Å². The maximum atomic E-state index is 11.0. The van der Waals surface area contributed by atoms with Gasteiger partial charge < -0.3 is 16.2 Å². The summed E-state index contributed by atoms with van der Waals surface area (Å²) < 4.78 is 6.83. The Hall–Kier alpha value is -2.57. The third-order valence-corrected chi connectivity index (χ3v) is 2.08. The Kier molecular flexibility index (Phi) is 2.65.